The van der Waals surface area contributed by atoms with E-state index in [2.05, 4.69) is 23.1 Å². The molecule has 7 heteroatoms. The van der Waals surface area contributed by atoms with Crippen LogP contribution in [0.4, 0.5) is 0 Å². The smallest absolute Gasteiger partial charge is 0.251 e. The van der Waals surface area contributed by atoms with E-state index in [4.69, 9.17) is 29.8 Å². The molecule has 2 aliphatic rings. The fourth-order valence-electron chi connectivity index (χ4n) is 5.11. The third-order valence-corrected chi connectivity index (χ3v) is 6.92. The molecule has 0 bridgehead atoms. The average Bonchev–Trinajstić information content (AvgIpc) is 3.32. The van der Waals surface area contributed by atoms with Gasteiger partial charge >= 0.3 is 0 Å². The monoisotopic (exact) mass is 477 g/mol. The minimum atomic E-state index is -0.566. The summed E-state index contributed by atoms with van der Waals surface area (Å²) in [5, 5.41) is 8.85. The van der Waals surface area contributed by atoms with Gasteiger partial charge in [0.25, 0.3) is 5.90 Å². The lowest BCUT2D eigenvalue weighted by molar-refractivity contribution is 0.193. The molecule has 2 aliphatic heterocycles. The Morgan fingerprint density at radius 1 is 1.20 bits per heavy atom. The van der Waals surface area contributed by atoms with Crippen LogP contribution in [-0.4, -0.2) is 49.9 Å². The molecule has 1 saturated heterocycles. The Morgan fingerprint density at radius 3 is 2.89 bits per heavy atom. The molecule has 3 aromatic rings. The topological polar surface area (TPSA) is 93.9 Å². The number of nitrogens with two attached hydrogens (primary N) is 1. The molecule has 0 saturated carbocycles. The maximum Gasteiger partial charge on any atom is 0.251 e. The highest BCUT2D eigenvalue weighted by Gasteiger charge is 2.22. The average molecular weight is 478 g/mol. The Kier molecular flexibility index (Phi) is 7.25. The van der Waals surface area contributed by atoms with Gasteiger partial charge in [0.2, 0.25) is 0 Å². The second-order valence-corrected chi connectivity index (χ2v) is 9.57. The summed E-state index contributed by atoms with van der Waals surface area (Å²) >= 11 is 0. The van der Waals surface area contributed by atoms with Gasteiger partial charge in [0.15, 0.2) is 5.76 Å². The van der Waals surface area contributed by atoms with E-state index in [-0.39, 0.29) is 5.90 Å². The predicted molar refractivity (Wildman–Crippen MR) is 137 cm³/mol. The summed E-state index contributed by atoms with van der Waals surface area (Å²) in [5.41, 5.74) is 9.15. The van der Waals surface area contributed by atoms with Crippen molar-refractivity contribution in [1.29, 1.82) is 5.41 Å². The molecule has 7 nitrogen and oxygen atoms in total. The number of hydrogen-bond acceptors (Lipinski definition) is 7. The van der Waals surface area contributed by atoms with Gasteiger partial charge in [-0.2, -0.15) is 0 Å². The van der Waals surface area contributed by atoms with Crippen LogP contribution in [0.2, 0.25) is 0 Å². The van der Waals surface area contributed by atoms with Crippen LogP contribution in [0.25, 0.3) is 11.0 Å². The molecule has 5 rings (SSSR count). The van der Waals surface area contributed by atoms with E-state index in [9.17, 15) is 0 Å². The van der Waals surface area contributed by atoms with Crippen molar-refractivity contribution in [2.24, 2.45) is 5.73 Å². The van der Waals surface area contributed by atoms with Crippen LogP contribution in [0.3, 0.4) is 0 Å². The molecule has 0 amide bonds. The second-order valence-electron chi connectivity index (χ2n) is 9.57. The van der Waals surface area contributed by atoms with E-state index in [0.29, 0.717) is 23.9 Å². The molecule has 186 valence electrons. The summed E-state index contributed by atoms with van der Waals surface area (Å²) < 4.78 is 22.9. The Hall–Kier alpha value is -3.03. The van der Waals surface area contributed by atoms with E-state index in [1.807, 2.05) is 18.2 Å². The maximum absolute atomic E-state index is 8.01. The largest absolute Gasteiger partial charge is 0.493 e. The van der Waals surface area contributed by atoms with Gasteiger partial charge < -0.3 is 23.5 Å². The van der Waals surface area contributed by atoms with Gasteiger partial charge in [-0.25, -0.2) is 0 Å². The van der Waals surface area contributed by atoms with Crippen LogP contribution >= 0.6 is 0 Å². The first-order chi connectivity index (χ1) is 17.1. The van der Waals surface area contributed by atoms with Crippen LogP contribution in [0, 0.1) is 5.41 Å². The molecule has 0 aliphatic carbocycles. The van der Waals surface area contributed by atoms with Crippen LogP contribution in [-0.2, 0) is 11.2 Å². The summed E-state index contributed by atoms with van der Waals surface area (Å²) in [4.78, 5) is 2.55. The normalized spacial score (nSPS) is 17.5. The number of piperidine rings is 1. The van der Waals surface area contributed by atoms with Crippen molar-refractivity contribution in [3.8, 4) is 11.5 Å². The van der Waals surface area contributed by atoms with E-state index in [1.165, 1.54) is 24.0 Å². The molecule has 1 atom stereocenters. The highest BCUT2D eigenvalue weighted by molar-refractivity contribution is 5.96. The van der Waals surface area contributed by atoms with Crippen molar-refractivity contribution in [3.05, 3.63) is 59.4 Å². The summed E-state index contributed by atoms with van der Waals surface area (Å²) in [6, 6.07) is 14.3. The number of aryl methyl sites for hydroxylation is 1. The molecule has 0 spiro atoms. The fraction of sp³-hybridized carbons (Fsp3) is 0.464. The molecule has 3 N–H and O–H groups in total. The zero-order chi connectivity index (χ0) is 24.2. The minimum absolute atomic E-state index is 0.0747. The number of nitrogens with zero attached hydrogens (tertiary/aromatic N) is 1. The number of hydrogen-bond donors (Lipinski definition) is 2. The zero-order valence-corrected chi connectivity index (χ0v) is 20.4. The van der Waals surface area contributed by atoms with E-state index >= 15 is 0 Å². The van der Waals surface area contributed by atoms with Crippen LogP contribution in [0.1, 0.15) is 55.4 Å². The lowest BCUT2D eigenvalue weighted by atomic mass is 9.87. The van der Waals surface area contributed by atoms with E-state index in [1.54, 1.807) is 13.0 Å². The van der Waals surface area contributed by atoms with Crippen molar-refractivity contribution >= 4 is 16.9 Å². The van der Waals surface area contributed by atoms with Gasteiger partial charge in [0.05, 0.1) is 18.6 Å². The van der Waals surface area contributed by atoms with Gasteiger partial charge in [0.1, 0.15) is 23.3 Å². The Balaban J connectivity index is 1.09. The molecular formula is C28H35N3O4. The maximum atomic E-state index is 8.01. The molecule has 0 radical (unpaired) electrons. The molecule has 1 fully saturated rings. The minimum Gasteiger partial charge on any atom is -0.493 e. The summed E-state index contributed by atoms with van der Waals surface area (Å²) in [6.45, 7) is 6.45. The first-order valence-corrected chi connectivity index (χ1v) is 12.7. The van der Waals surface area contributed by atoms with Gasteiger partial charge in [0, 0.05) is 12.6 Å². The van der Waals surface area contributed by atoms with Gasteiger partial charge in [-0.05, 0) is 87.4 Å². The number of benzene rings is 2. The van der Waals surface area contributed by atoms with E-state index in [0.717, 1.165) is 62.4 Å². The fourth-order valence-corrected chi connectivity index (χ4v) is 5.11. The summed E-state index contributed by atoms with van der Waals surface area (Å²) in [7, 11) is 0. The van der Waals surface area contributed by atoms with Gasteiger partial charge in [-0.1, -0.05) is 18.2 Å². The highest BCUT2D eigenvalue weighted by atomic mass is 16.5. The number of furan rings is 1. The van der Waals surface area contributed by atoms with E-state index < -0.39 is 6.23 Å². The molecular weight excluding hydrogens is 442 g/mol. The quantitative estimate of drug-likeness (QED) is 0.204. The lowest BCUT2D eigenvalue weighted by Gasteiger charge is -2.32. The number of ether oxygens (including phenoxy) is 3. The predicted octanol–water partition coefficient (Wildman–Crippen LogP) is 5.05. The van der Waals surface area contributed by atoms with Crippen molar-refractivity contribution in [3.63, 3.8) is 0 Å². The third-order valence-electron chi connectivity index (χ3n) is 6.92. The van der Waals surface area contributed by atoms with Crippen molar-refractivity contribution in [2.75, 3.05) is 32.8 Å². The Bertz CT molecular complexity index is 1160. The number of nitrogens with one attached hydrogen (secondary N) is 1. The van der Waals surface area contributed by atoms with Crippen LogP contribution in [0.15, 0.2) is 46.9 Å². The number of rotatable bonds is 8. The van der Waals surface area contributed by atoms with Gasteiger partial charge in [-0.15, -0.1) is 0 Å². The number of fused-ring (bicyclic) bond motifs is 2. The van der Waals surface area contributed by atoms with Gasteiger partial charge in [-0.3, -0.25) is 11.1 Å². The Labute approximate surface area is 206 Å². The molecule has 3 heterocycles. The second kappa shape index (κ2) is 10.7. The van der Waals surface area contributed by atoms with Crippen molar-refractivity contribution in [2.45, 2.75) is 51.2 Å². The summed E-state index contributed by atoms with van der Waals surface area (Å²) in [6.07, 6.45) is 5.06. The van der Waals surface area contributed by atoms with Crippen LogP contribution in [0.5, 0.6) is 11.5 Å². The zero-order valence-electron chi connectivity index (χ0n) is 20.4. The lowest BCUT2D eigenvalue weighted by Crippen LogP contribution is -2.34. The first kappa shape index (κ1) is 23.7. The van der Waals surface area contributed by atoms with Crippen molar-refractivity contribution < 1.29 is 18.6 Å². The molecule has 2 aromatic carbocycles. The summed E-state index contributed by atoms with van der Waals surface area (Å²) in [5.74, 6) is 2.77. The molecule has 1 unspecified atom stereocenters. The van der Waals surface area contributed by atoms with Crippen LogP contribution < -0.4 is 15.2 Å². The standard InChI is InChI=1S/C28H35N3O4/c1-19(29)34-28(30)27-18-23-25(6-2-7-26(23)35-27)33-16-4-12-31-13-10-20(11-14-31)21-8-9-24-22(17-21)5-3-15-32-24/h2,6-9,17-20,30H,3-5,10-16,29H2,1H3. The third kappa shape index (κ3) is 5.63. The first-order valence-electron chi connectivity index (χ1n) is 12.7. The van der Waals surface area contributed by atoms with Crippen molar-refractivity contribution in [1.82, 2.24) is 4.90 Å². The molecule has 35 heavy (non-hydrogen) atoms. The SMILES string of the molecule is CC(N)OC(=N)c1cc2c(OCCCN3CCC(c4ccc5c(c4)CCCO5)CC3)cccc2o1. The highest BCUT2D eigenvalue weighted by Crippen LogP contribution is 2.33. The molecule has 1 aromatic heterocycles. The Morgan fingerprint density at radius 2 is 2.06 bits per heavy atom. The number of likely N-dealkylation sites (tertiary alicyclic amines) is 1.